The molecule has 3 heteroatoms. The van der Waals surface area contributed by atoms with Crippen LogP contribution in [0.5, 0.6) is 0 Å². The Morgan fingerprint density at radius 1 is 1.18 bits per heavy atom. The van der Waals surface area contributed by atoms with Crippen LogP contribution in [0.2, 0.25) is 0 Å². The lowest BCUT2D eigenvalue weighted by molar-refractivity contribution is 0.103. The number of rotatable bonds is 1. The van der Waals surface area contributed by atoms with E-state index in [1.54, 1.807) is 5.57 Å². The van der Waals surface area contributed by atoms with Crippen LogP contribution in [0.1, 0.15) is 44.9 Å². The zero-order chi connectivity index (χ0) is 11.7. The average Bonchev–Trinajstić information content (AvgIpc) is 2.40. The summed E-state index contributed by atoms with van der Waals surface area (Å²) in [7, 11) is 0. The Morgan fingerprint density at radius 3 is 2.82 bits per heavy atom. The third-order valence-electron chi connectivity index (χ3n) is 4.51. The smallest absolute Gasteiger partial charge is 0.0595 e. The first-order valence-electron chi connectivity index (χ1n) is 6.92. The monoisotopic (exact) mass is 270 g/mol. The van der Waals surface area contributed by atoms with Crippen LogP contribution >= 0.6 is 23.5 Å². The van der Waals surface area contributed by atoms with Gasteiger partial charge in [0.25, 0.3) is 0 Å². The molecule has 1 nitrogen and oxygen atoms in total. The number of aliphatic hydroxyl groups is 1. The van der Waals surface area contributed by atoms with Crippen molar-refractivity contribution >= 4 is 23.5 Å². The fraction of sp³-hybridized carbons (Fsp3) is 0.857. The highest BCUT2D eigenvalue weighted by atomic mass is 32.2. The predicted octanol–water partition coefficient (Wildman–Crippen LogP) is 3.82. The number of hydrogen-bond acceptors (Lipinski definition) is 3. The number of aliphatic hydroxyl groups excluding tert-OH is 1. The van der Waals surface area contributed by atoms with E-state index in [1.165, 1.54) is 43.6 Å². The molecule has 0 spiro atoms. The minimum atomic E-state index is -0.0638. The standard InChI is InChI=1S/C14H22OS2/c15-12-5-7-14(13-16-8-3-9-17-13)6-2-1-4-11(14)10-12/h4,12-13,15H,1-3,5-10H2/t12-,14+/m1/s1. The van der Waals surface area contributed by atoms with Gasteiger partial charge >= 0.3 is 0 Å². The summed E-state index contributed by atoms with van der Waals surface area (Å²) >= 11 is 4.38. The van der Waals surface area contributed by atoms with Gasteiger partial charge in [-0.05, 0) is 56.5 Å². The van der Waals surface area contributed by atoms with E-state index in [0.29, 0.717) is 5.41 Å². The molecule has 1 N–H and O–H groups in total. The Kier molecular flexibility index (Phi) is 3.79. The molecule has 2 aliphatic carbocycles. The quantitative estimate of drug-likeness (QED) is 0.731. The molecule has 3 aliphatic rings. The zero-order valence-corrected chi connectivity index (χ0v) is 12.0. The molecule has 1 saturated carbocycles. The van der Waals surface area contributed by atoms with E-state index in [-0.39, 0.29) is 6.10 Å². The van der Waals surface area contributed by atoms with Crippen molar-refractivity contribution in [2.75, 3.05) is 11.5 Å². The van der Waals surface area contributed by atoms with E-state index in [4.69, 9.17) is 0 Å². The molecule has 0 bridgehead atoms. The Labute approximate surface area is 113 Å². The SMILES string of the molecule is O[C@@H]1CC[C@@]2(C3SCCCS3)CCCC=C2C1. The van der Waals surface area contributed by atoms with E-state index < -0.39 is 0 Å². The molecular formula is C14H22OS2. The second-order valence-corrected chi connectivity index (χ2v) is 8.33. The van der Waals surface area contributed by atoms with Gasteiger partial charge in [0.2, 0.25) is 0 Å². The summed E-state index contributed by atoms with van der Waals surface area (Å²) in [5, 5.41) is 9.91. The average molecular weight is 270 g/mol. The summed E-state index contributed by atoms with van der Waals surface area (Å²) in [5.41, 5.74) is 2.06. The van der Waals surface area contributed by atoms with Crippen molar-refractivity contribution in [1.82, 2.24) is 0 Å². The lowest BCUT2D eigenvalue weighted by Gasteiger charge is -2.49. The minimum absolute atomic E-state index is 0.0638. The number of thioether (sulfide) groups is 2. The molecule has 17 heavy (non-hydrogen) atoms. The van der Waals surface area contributed by atoms with Gasteiger partial charge in [0, 0.05) is 5.41 Å². The molecule has 0 amide bonds. The van der Waals surface area contributed by atoms with Crippen molar-refractivity contribution in [3.05, 3.63) is 11.6 Å². The van der Waals surface area contributed by atoms with Crippen LogP contribution in [0.25, 0.3) is 0 Å². The third-order valence-corrected chi connectivity index (χ3v) is 7.89. The molecule has 96 valence electrons. The second kappa shape index (κ2) is 5.18. The van der Waals surface area contributed by atoms with Crippen molar-refractivity contribution in [2.45, 2.75) is 55.6 Å². The van der Waals surface area contributed by atoms with Crippen LogP contribution in [-0.2, 0) is 0 Å². The second-order valence-electron chi connectivity index (χ2n) is 5.60. The van der Waals surface area contributed by atoms with E-state index in [0.717, 1.165) is 17.4 Å². The Morgan fingerprint density at radius 2 is 2.00 bits per heavy atom. The highest BCUT2D eigenvalue weighted by molar-refractivity contribution is 8.17. The van der Waals surface area contributed by atoms with Crippen molar-refractivity contribution in [1.29, 1.82) is 0 Å². The first-order valence-corrected chi connectivity index (χ1v) is 9.02. The Balaban J connectivity index is 1.85. The molecule has 1 saturated heterocycles. The van der Waals surface area contributed by atoms with E-state index in [1.807, 2.05) is 0 Å². The summed E-state index contributed by atoms with van der Waals surface area (Å²) in [6.07, 6.45) is 11.0. The molecule has 0 aromatic carbocycles. The van der Waals surface area contributed by atoms with Gasteiger partial charge in [0.15, 0.2) is 0 Å². The van der Waals surface area contributed by atoms with Gasteiger partial charge < -0.3 is 5.11 Å². The number of allylic oxidation sites excluding steroid dienone is 1. The lowest BCUT2D eigenvalue weighted by Crippen LogP contribution is -2.41. The normalized spacial score (nSPS) is 39.6. The van der Waals surface area contributed by atoms with Gasteiger partial charge in [-0.15, -0.1) is 23.5 Å². The lowest BCUT2D eigenvalue weighted by atomic mass is 9.65. The van der Waals surface area contributed by atoms with Gasteiger partial charge in [-0.2, -0.15) is 0 Å². The van der Waals surface area contributed by atoms with E-state index >= 15 is 0 Å². The van der Waals surface area contributed by atoms with Crippen molar-refractivity contribution in [3.8, 4) is 0 Å². The Bertz CT molecular complexity index is 309. The summed E-state index contributed by atoms with van der Waals surface area (Å²) in [6.45, 7) is 0. The third kappa shape index (κ3) is 2.31. The highest BCUT2D eigenvalue weighted by Gasteiger charge is 2.46. The zero-order valence-electron chi connectivity index (χ0n) is 10.4. The van der Waals surface area contributed by atoms with Crippen molar-refractivity contribution in [2.24, 2.45) is 5.41 Å². The highest BCUT2D eigenvalue weighted by Crippen LogP contribution is 2.57. The molecule has 1 heterocycles. The minimum Gasteiger partial charge on any atom is -0.393 e. The molecule has 2 fully saturated rings. The van der Waals surface area contributed by atoms with Crippen molar-refractivity contribution in [3.63, 3.8) is 0 Å². The largest absolute Gasteiger partial charge is 0.393 e. The molecule has 0 aromatic heterocycles. The maximum absolute atomic E-state index is 9.91. The molecule has 0 unspecified atom stereocenters. The topological polar surface area (TPSA) is 20.2 Å². The first kappa shape index (κ1) is 12.4. The van der Waals surface area contributed by atoms with Crippen LogP contribution in [-0.4, -0.2) is 27.3 Å². The predicted molar refractivity (Wildman–Crippen MR) is 77.5 cm³/mol. The molecule has 0 aromatic rings. The Hall–Kier alpha value is 0.400. The van der Waals surface area contributed by atoms with Gasteiger partial charge in [-0.1, -0.05) is 11.6 Å². The summed E-state index contributed by atoms with van der Waals surface area (Å²) in [5.74, 6) is 2.69. The fourth-order valence-corrected chi connectivity index (χ4v) is 7.21. The van der Waals surface area contributed by atoms with Gasteiger partial charge in [0.05, 0.1) is 10.7 Å². The summed E-state index contributed by atoms with van der Waals surface area (Å²) in [6, 6.07) is 0. The number of hydrogen-bond donors (Lipinski definition) is 1. The van der Waals surface area contributed by atoms with Gasteiger partial charge in [-0.25, -0.2) is 0 Å². The number of fused-ring (bicyclic) bond motifs is 1. The van der Waals surface area contributed by atoms with Gasteiger partial charge in [0.1, 0.15) is 0 Å². The molecule has 2 atom stereocenters. The van der Waals surface area contributed by atoms with Crippen LogP contribution in [0.15, 0.2) is 11.6 Å². The van der Waals surface area contributed by atoms with Crippen LogP contribution < -0.4 is 0 Å². The summed E-state index contributed by atoms with van der Waals surface area (Å²) in [4.78, 5) is 0. The molecule has 3 rings (SSSR count). The first-order chi connectivity index (χ1) is 8.31. The van der Waals surface area contributed by atoms with E-state index in [2.05, 4.69) is 29.6 Å². The maximum atomic E-state index is 9.91. The molecule has 1 aliphatic heterocycles. The van der Waals surface area contributed by atoms with E-state index in [9.17, 15) is 5.11 Å². The van der Waals surface area contributed by atoms with Crippen LogP contribution in [0, 0.1) is 5.41 Å². The summed E-state index contributed by atoms with van der Waals surface area (Å²) < 4.78 is 0.773. The fourth-order valence-electron chi connectivity index (χ4n) is 3.60. The van der Waals surface area contributed by atoms with Gasteiger partial charge in [-0.3, -0.25) is 0 Å². The van der Waals surface area contributed by atoms with Crippen molar-refractivity contribution < 1.29 is 5.11 Å². The van der Waals surface area contributed by atoms with Crippen LogP contribution in [0.4, 0.5) is 0 Å². The molecular weight excluding hydrogens is 248 g/mol. The van der Waals surface area contributed by atoms with Crippen LogP contribution in [0.3, 0.4) is 0 Å². The molecule has 0 radical (unpaired) electrons. The maximum Gasteiger partial charge on any atom is 0.0595 e.